The van der Waals surface area contributed by atoms with Gasteiger partial charge in [0.05, 0.1) is 68.2 Å². The SMILES string of the molecule is COCOc1cc(-c2cc(N3CCCC3)nc(/C=C/c3nc(N(C)C)c4ccccc4n3)n2)ccc1OC.COc1ccc(-c2cc(N3CCCC3)nc(/C=C/c3nc(N(C)C)c4ccccc4n3)n2)cc1O.COc1ccc(-c2cc(N3CCCC3)nc(/C=C/c3nc(N(C)C)c4ccccc4n3)n2)cc1OCCN1CCOCC1. The molecule has 6 aromatic carbocycles. The van der Waals surface area contributed by atoms with E-state index in [1.54, 1.807) is 33.5 Å². The van der Waals surface area contributed by atoms with E-state index in [0.717, 1.165) is 212 Å². The van der Waals surface area contributed by atoms with E-state index in [2.05, 4.69) is 25.7 Å². The van der Waals surface area contributed by atoms with Crippen LogP contribution >= 0.6 is 0 Å². The lowest BCUT2D eigenvalue weighted by molar-refractivity contribution is 0.0321. The van der Waals surface area contributed by atoms with Crippen LogP contribution < -0.4 is 53.1 Å². The Morgan fingerprint density at radius 2 is 0.698 bits per heavy atom. The van der Waals surface area contributed by atoms with Gasteiger partial charge >= 0.3 is 0 Å². The van der Waals surface area contributed by atoms with Crippen LogP contribution in [0.3, 0.4) is 0 Å². The minimum Gasteiger partial charge on any atom is -0.504 e. The van der Waals surface area contributed by atoms with Crippen LogP contribution in [0.25, 0.3) is 103 Å². The van der Waals surface area contributed by atoms with Crippen LogP contribution in [-0.2, 0) is 9.47 Å². The number of ether oxygens (including phenoxy) is 7. The first-order valence-electron chi connectivity index (χ1n) is 39.2. The quantitative estimate of drug-likeness (QED) is 0.0521. The number of aromatic nitrogens is 12. The topological polar surface area (TPSA) is 262 Å². The van der Waals surface area contributed by atoms with Crippen molar-refractivity contribution in [2.45, 2.75) is 38.5 Å². The predicted octanol–water partition coefficient (Wildman–Crippen LogP) is 14.2. The highest BCUT2D eigenvalue weighted by atomic mass is 16.7. The number of morpholine rings is 1. The molecule has 4 aliphatic heterocycles. The van der Waals surface area contributed by atoms with Crippen molar-refractivity contribution in [2.24, 2.45) is 0 Å². The van der Waals surface area contributed by atoms with E-state index < -0.39 is 0 Å². The fourth-order valence-corrected chi connectivity index (χ4v) is 14.3. The minimum atomic E-state index is 0.0733. The molecule has 27 heteroatoms. The zero-order valence-corrected chi connectivity index (χ0v) is 67.6. The first-order chi connectivity index (χ1) is 56.6. The van der Waals surface area contributed by atoms with Crippen molar-refractivity contribution in [1.29, 1.82) is 0 Å². The Kier molecular flexibility index (Phi) is 26.1. The van der Waals surface area contributed by atoms with Crippen LogP contribution in [0.4, 0.5) is 34.9 Å². The second kappa shape index (κ2) is 37.9. The summed E-state index contributed by atoms with van der Waals surface area (Å²) < 4.78 is 38.8. The van der Waals surface area contributed by atoms with Crippen LogP contribution in [0.5, 0.6) is 34.5 Å². The Morgan fingerprint density at radius 1 is 0.362 bits per heavy atom. The third-order valence-electron chi connectivity index (χ3n) is 20.2. The third-order valence-corrected chi connectivity index (χ3v) is 20.2. The summed E-state index contributed by atoms with van der Waals surface area (Å²) in [6, 6.07) is 47.1. The number of para-hydroxylation sites is 3. The normalized spacial score (nSPS) is 14.4. The third kappa shape index (κ3) is 19.7. The van der Waals surface area contributed by atoms with E-state index in [-0.39, 0.29) is 12.5 Å². The molecule has 0 saturated carbocycles. The summed E-state index contributed by atoms with van der Waals surface area (Å²) >= 11 is 0. The average molecular weight is 1560 g/mol. The second-order valence-corrected chi connectivity index (χ2v) is 28.9. The molecule has 0 radical (unpaired) electrons. The largest absolute Gasteiger partial charge is 0.504 e. The lowest BCUT2D eigenvalue weighted by Crippen LogP contribution is -2.38. The molecule has 1 N–H and O–H groups in total. The smallest absolute Gasteiger partial charge is 0.188 e. The van der Waals surface area contributed by atoms with Crippen molar-refractivity contribution in [3.05, 3.63) is 181 Å². The number of phenols is 1. The summed E-state index contributed by atoms with van der Waals surface area (Å²) in [5.74, 6) is 11.9. The van der Waals surface area contributed by atoms with Crippen molar-refractivity contribution in [3.8, 4) is 68.3 Å². The molecule has 10 heterocycles. The first-order valence-corrected chi connectivity index (χ1v) is 39.2. The highest BCUT2D eigenvalue weighted by Crippen LogP contribution is 2.38. The first kappa shape index (κ1) is 79.9. The molecule has 0 unspecified atom stereocenters. The summed E-state index contributed by atoms with van der Waals surface area (Å²) in [6.45, 7) is 10.8. The van der Waals surface area contributed by atoms with E-state index in [1.165, 1.54) is 7.11 Å². The maximum atomic E-state index is 10.3. The monoisotopic (exact) mass is 1560 g/mol. The maximum absolute atomic E-state index is 10.3. The van der Waals surface area contributed by atoms with Gasteiger partial charge in [-0.05, 0) is 166 Å². The number of hydrogen-bond acceptors (Lipinski definition) is 27. The molecular formula is C89H99N19O8. The van der Waals surface area contributed by atoms with E-state index in [9.17, 15) is 5.11 Å². The highest BCUT2D eigenvalue weighted by Gasteiger charge is 2.23. The van der Waals surface area contributed by atoms with Gasteiger partial charge in [0.25, 0.3) is 0 Å². The Bertz CT molecular complexity index is 5490. The molecule has 4 fully saturated rings. The number of hydrogen-bond donors (Lipinski definition) is 1. The van der Waals surface area contributed by atoms with Gasteiger partial charge in [-0.1, -0.05) is 36.4 Å². The molecule has 4 aliphatic rings. The average Bonchev–Trinajstić information content (AvgIpc) is 1.08. The molecule has 4 saturated heterocycles. The number of nitrogens with zero attached hydrogens (tertiary/aromatic N) is 19. The van der Waals surface area contributed by atoms with Crippen molar-refractivity contribution < 1.29 is 38.3 Å². The summed E-state index contributed by atoms with van der Waals surface area (Å²) in [6.07, 6.45) is 18.1. The van der Waals surface area contributed by atoms with Gasteiger partial charge in [-0.2, -0.15) is 0 Å². The number of phenolic OH excluding ortho intramolecular Hbond substituents is 1. The number of benzene rings is 6. The van der Waals surface area contributed by atoms with Crippen molar-refractivity contribution in [1.82, 2.24) is 64.7 Å². The molecule has 0 bridgehead atoms. The molecule has 0 aliphatic carbocycles. The number of aromatic hydroxyl groups is 1. The molecular weight excluding hydrogens is 1460 g/mol. The summed E-state index contributed by atoms with van der Waals surface area (Å²) in [7, 11) is 18.3. The zero-order valence-electron chi connectivity index (χ0n) is 67.6. The van der Waals surface area contributed by atoms with Crippen LogP contribution in [0.1, 0.15) is 73.5 Å². The second-order valence-electron chi connectivity index (χ2n) is 28.9. The molecule has 27 nitrogen and oxygen atoms in total. The molecule has 116 heavy (non-hydrogen) atoms. The van der Waals surface area contributed by atoms with Gasteiger partial charge in [0.2, 0.25) is 0 Å². The summed E-state index contributed by atoms with van der Waals surface area (Å²) in [5.41, 5.74) is 7.64. The van der Waals surface area contributed by atoms with Crippen LogP contribution in [0, 0.1) is 0 Å². The van der Waals surface area contributed by atoms with Gasteiger partial charge in [-0.25, -0.2) is 59.8 Å². The van der Waals surface area contributed by atoms with Gasteiger partial charge < -0.3 is 67.7 Å². The fraction of sp³-hybridized carbons (Fsp3) is 0.326. The Morgan fingerprint density at radius 3 is 1.04 bits per heavy atom. The van der Waals surface area contributed by atoms with Crippen molar-refractivity contribution >= 4 is 104 Å². The Hall–Kier alpha value is -12.7. The lowest BCUT2D eigenvalue weighted by atomic mass is 10.1. The maximum Gasteiger partial charge on any atom is 0.188 e. The Labute approximate surface area is 676 Å². The van der Waals surface area contributed by atoms with Crippen molar-refractivity contribution in [2.75, 3.05) is 186 Å². The minimum absolute atomic E-state index is 0.0733. The number of rotatable bonds is 25. The zero-order chi connectivity index (χ0) is 80.4. The fourth-order valence-electron chi connectivity index (χ4n) is 14.3. The molecule has 6 aromatic heterocycles. The van der Waals surface area contributed by atoms with Gasteiger partial charge in [-0.15, -0.1) is 0 Å². The molecule has 598 valence electrons. The van der Waals surface area contributed by atoms with E-state index in [4.69, 9.17) is 93.0 Å². The molecule has 12 aromatic rings. The molecule has 0 amide bonds. The predicted molar refractivity (Wildman–Crippen MR) is 462 cm³/mol. The van der Waals surface area contributed by atoms with Gasteiger partial charge in [0, 0.05) is 159 Å². The van der Waals surface area contributed by atoms with E-state index in [1.807, 2.05) is 221 Å². The Balaban J connectivity index is 0.000000144. The molecule has 0 spiro atoms. The van der Waals surface area contributed by atoms with Crippen LogP contribution in [0.15, 0.2) is 146 Å². The molecule has 16 rings (SSSR count). The van der Waals surface area contributed by atoms with Crippen molar-refractivity contribution in [3.63, 3.8) is 0 Å². The van der Waals surface area contributed by atoms with Gasteiger partial charge in [0.15, 0.2) is 76.2 Å². The van der Waals surface area contributed by atoms with Gasteiger partial charge in [-0.3, -0.25) is 4.90 Å². The lowest BCUT2D eigenvalue weighted by Gasteiger charge is -2.26. The standard InChI is InChI=1S/C33H39N7O3.C29H32N6O3.C27H28N6O2/c1-38(2)33-25-8-4-5-9-26(25)34-31(37-33)13-12-30-35-27(23-32(36-30)40-14-6-7-15-40)24-10-11-28(41-3)29(22-24)43-21-18-39-16-19-42-20-17-39;1-34(2)29-21-9-5-6-10-22(21)30-27(33-29)14-13-26-31-23(18-28(32-26)35-15-7-8-16-35)20-11-12-24(37-4)25(17-20)38-19-36-3;1-32(2)27-19-8-4-5-9-20(19)28-25(31-27)13-12-24-29-21(17-26(30-24)33-14-6-7-15-33)18-10-11-23(35-3)22(34)16-18/h4-5,8-13,22-23H,6-7,14-21H2,1-3H3;5-6,9-14,17-18H,7-8,15-16,19H2,1-4H3;4-5,8-13,16-17,34H,6-7,14-15H2,1-3H3/b13-12+;14-13+;13-12+. The number of methoxy groups -OCH3 is 4. The van der Waals surface area contributed by atoms with E-state index >= 15 is 0 Å². The molecule has 0 atom stereocenters. The van der Waals surface area contributed by atoms with Crippen LogP contribution in [-0.4, -0.2) is 226 Å². The number of anilines is 6. The van der Waals surface area contributed by atoms with Gasteiger partial charge in [0.1, 0.15) is 41.5 Å². The summed E-state index contributed by atoms with van der Waals surface area (Å²) in [5, 5.41) is 13.3. The van der Waals surface area contributed by atoms with E-state index in [0.29, 0.717) is 70.3 Å². The highest BCUT2D eigenvalue weighted by molar-refractivity contribution is 5.93. The van der Waals surface area contributed by atoms with Crippen LogP contribution in [0.2, 0.25) is 0 Å². The summed E-state index contributed by atoms with van der Waals surface area (Å²) in [4.78, 5) is 73.0. The number of fused-ring (bicyclic) bond motifs is 3.